The molecule has 0 aliphatic rings. The molecule has 0 amide bonds. The Kier molecular flexibility index (Phi) is 4.75. The van der Waals surface area contributed by atoms with Crippen molar-refractivity contribution in [3.05, 3.63) is 55.9 Å². The summed E-state index contributed by atoms with van der Waals surface area (Å²) in [7, 11) is 0. The number of rotatable bonds is 4. The van der Waals surface area contributed by atoms with Gasteiger partial charge in [-0.2, -0.15) is 0 Å². The van der Waals surface area contributed by atoms with Crippen LogP contribution < -0.4 is 0 Å². The molecule has 3 aromatic rings. The van der Waals surface area contributed by atoms with Gasteiger partial charge in [0.25, 0.3) is 0 Å². The van der Waals surface area contributed by atoms with Crippen LogP contribution in [-0.2, 0) is 11.3 Å². The number of hydrogen-bond donors (Lipinski definition) is 0. The number of hydrogen-bond acceptors (Lipinski definition) is 6. The minimum atomic E-state index is -0.431. The Morgan fingerprint density at radius 1 is 1.30 bits per heavy atom. The van der Waals surface area contributed by atoms with E-state index >= 15 is 0 Å². The molecule has 2 aromatic heterocycles. The van der Waals surface area contributed by atoms with Gasteiger partial charge in [0, 0.05) is 16.0 Å². The molecule has 1 aromatic carbocycles. The molecule has 23 heavy (non-hydrogen) atoms. The number of aryl methyl sites for hydroxylation is 2. The molecule has 7 heteroatoms. The highest BCUT2D eigenvalue weighted by atomic mass is 35.5. The molecule has 0 unspecified atom stereocenters. The van der Waals surface area contributed by atoms with Crippen molar-refractivity contribution in [1.82, 2.24) is 9.97 Å². The van der Waals surface area contributed by atoms with Crippen LogP contribution in [0.4, 0.5) is 0 Å². The summed E-state index contributed by atoms with van der Waals surface area (Å²) in [5.41, 5.74) is 2.09. The lowest BCUT2D eigenvalue weighted by Gasteiger charge is -2.01. The Morgan fingerprint density at radius 2 is 2.13 bits per heavy atom. The van der Waals surface area contributed by atoms with Crippen LogP contribution in [-0.4, -0.2) is 15.9 Å². The molecule has 0 bridgehead atoms. The summed E-state index contributed by atoms with van der Waals surface area (Å²) in [5, 5.41) is 4.04. The maximum absolute atomic E-state index is 12.1. The first-order valence-corrected chi connectivity index (χ1v) is 8.92. The van der Waals surface area contributed by atoms with Crippen molar-refractivity contribution in [2.45, 2.75) is 20.5 Å². The fraction of sp³-hybridized carbons (Fsp3) is 0.188. The smallest absolute Gasteiger partial charge is 0.358 e. The highest BCUT2D eigenvalue weighted by molar-refractivity contribution is 7.13. The average molecular weight is 365 g/mol. The normalized spacial score (nSPS) is 10.7. The van der Waals surface area contributed by atoms with Crippen LogP contribution in [0, 0.1) is 13.8 Å². The van der Waals surface area contributed by atoms with E-state index in [1.165, 1.54) is 22.7 Å². The number of halogens is 1. The third kappa shape index (κ3) is 3.77. The van der Waals surface area contributed by atoms with E-state index in [1.807, 2.05) is 32.0 Å². The SMILES string of the molecule is Cc1nc(C)c(COC(=O)c2csc(-c3cccc(Cl)c3)n2)s1. The minimum absolute atomic E-state index is 0.222. The summed E-state index contributed by atoms with van der Waals surface area (Å²) in [6.07, 6.45) is 0. The quantitative estimate of drug-likeness (QED) is 0.618. The van der Waals surface area contributed by atoms with Gasteiger partial charge in [0.2, 0.25) is 0 Å². The van der Waals surface area contributed by atoms with E-state index in [9.17, 15) is 4.79 Å². The molecule has 0 aliphatic carbocycles. The van der Waals surface area contributed by atoms with Crippen molar-refractivity contribution < 1.29 is 9.53 Å². The van der Waals surface area contributed by atoms with Crippen molar-refractivity contribution in [2.75, 3.05) is 0 Å². The number of benzene rings is 1. The molecular weight excluding hydrogens is 352 g/mol. The second-order valence-corrected chi connectivity index (χ2v) is 7.45. The topological polar surface area (TPSA) is 52.1 Å². The van der Waals surface area contributed by atoms with E-state index in [0.29, 0.717) is 10.7 Å². The molecule has 0 aliphatic heterocycles. The summed E-state index contributed by atoms with van der Waals surface area (Å²) in [6, 6.07) is 7.38. The predicted octanol–water partition coefficient (Wildman–Crippen LogP) is 4.89. The minimum Gasteiger partial charge on any atom is -0.455 e. The molecule has 0 saturated carbocycles. The first-order chi connectivity index (χ1) is 11.0. The van der Waals surface area contributed by atoms with Crippen LogP contribution in [0.2, 0.25) is 5.02 Å². The van der Waals surface area contributed by atoms with E-state index in [-0.39, 0.29) is 6.61 Å². The maximum Gasteiger partial charge on any atom is 0.358 e. The van der Waals surface area contributed by atoms with Crippen molar-refractivity contribution in [1.29, 1.82) is 0 Å². The monoisotopic (exact) mass is 364 g/mol. The van der Waals surface area contributed by atoms with Gasteiger partial charge in [0.05, 0.1) is 15.6 Å². The molecule has 0 saturated heterocycles. The van der Waals surface area contributed by atoms with Gasteiger partial charge in [-0.3, -0.25) is 0 Å². The Labute approximate surface area is 146 Å². The Bertz CT molecular complexity index is 857. The molecule has 0 N–H and O–H groups in total. The van der Waals surface area contributed by atoms with E-state index in [1.54, 1.807) is 11.4 Å². The lowest BCUT2D eigenvalue weighted by molar-refractivity contribution is 0.0470. The van der Waals surface area contributed by atoms with Gasteiger partial charge >= 0.3 is 5.97 Å². The molecule has 0 spiro atoms. The summed E-state index contributed by atoms with van der Waals surface area (Å²) >= 11 is 8.90. The van der Waals surface area contributed by atoms with Crippen molar-refractivity contribution >= 4 is 40.2 Å². The number of aromatic nitrogens is 2. The highest BCUT2D eigenvalue weighted by Gasteiger charge is 2.15. The fourth-order valence-corrected chi connectivity index (χ4v) is 3.86. The second kappa shape index (κ2) is 6.78. The molecular formula is C16H13ClN2O2S2. The van der Waals surface area contributed by atoms with Crippen molar-refractivity contribution in [3.63, 3.8) is 0 Å². The third-order valence-electron chi connectivity index (χ3n) is 3.12. The van der Waals surface area contributed by atoms with Crippen LogP contribution in [0.15, 0.2) is 29.6 Å². The maximum atomic E-state index is 12.1. The number of ether oxygens (including phenoxy) is 1. The lowest BCUT2D eigenvalue weighted by Crippen LogP contribution is -2.05. The number of thiazole rings is 2. The molecule has 0 fully saturated rings. The van der Waals surface area contributed by atoms with Gasteiger partial charge in [-0.25, -0.2) is 14.8 Å². The summed E-state index contributed by atoms with van der Waals surface area (Å²) in [4.78, 5) is 21.7. The van der Waals surface area contributed by atoms with Crippen LogP contribution in [0.5, 0.6) is 0 Å². The van der Waals surface area contributed by atoms with E-state index in [0.717, 1.165) is 26.1 Å². The summed E-state index contributed by atoms with van der Waals surface area (Å²) in [5.74, 6) is -0.431. The van der Waals surface area contributed by atoms with E-state index in [2.05, 4.69) is 9.97 Å². The molecule has 0 radical (unpaired) electrons. The average Bonchev–Trinajstić information content (AvgIpc) is 3.12. The zero-order valence-corrected chi connectivity index (χ0v) is 14.9. The van der Waals surface area contributed by atoms with Gasteiger partial charge in [-0.05, 0) is 26.0 Å². The van der Waals surface area contributed by atoms with Gasteiger partial charge in [-0.1, -0.05) is 23.7 Å². The van der Waals surface area contributed by atoms with Crippen LogP contribution in [0.1, 0.15) is 26.1 Å². The molecule has 2 heterocycles. The number of nitrogens with zero attached hydrogens (tertiary/aromatic N) is 2. The summed E-state index contributed by atoms with van der Waals surface area (Å²) < 4.78 is 5.33. The standard InChI is InChI=1S/C16H13ClN2O2S2/c1-9-14(23-10(2)18-9)7-21-16(20)13-8-22-15(19-13)11-4-3-5-12(17)6-11/h3-6,8H,7H2,1-2H3. The van der Waals surface area contributed by atoms with Gasteiger partial charge in [0.1, 0.15) is 11.6 Å². The third-order valence-corrected chi connectivity index (χ3v) is 5.29. The molecule has 118 valence electrons. The lowest BCUT2D eigenvalue weighted by atomic mass is 10.2. The van der Waals surface area contributed by atoms with Crippen LogP contribution in [0.3, 0.4) is 0 Å². The van der Waals surface area contributed by atoms with Crippen molar-refractivity contribution in [3.8, 4) is 10.6 Å². The van der Waals surface area contributed by atoms with Crippen LogP contribution >= 0.6 is 34.3 Å². The Hall–Kier alpha value is -1.76. The van der Waals surface area contributed by atoms with Crippen molar-refractivity contribution in [2.24, 2.45) is 0 Å². The largest absolute Gasteiger partial charge is 0.455 e. The molecule has 0 atom stereocenters. The fourth-order valence-electron chi connectivity index (χ4n) is 2.03. The number of carbonyl (C=O) groups is 1. The van der Waals surface area contributed by atoms with Crippen LogP contribution in [0.25, 0.3) is 10.6 Å². The number of esters is 1. The molecule has 3 rings (SSSR count). The Morgan fingerprint density at radius 3 is 2.83 bits per heavy atom. The van der Waals surface area contributed by atoms with Gasteiger partial charge in [0.15, 0.2) is 5.69 Å². The van der Waals surface area contributed by atoms with Gasteiger partial charge in [-0.15, -0.1) is 22.7 Å². The first-order valence-electron chi connectivity index (χ1n) is 6.84. The predicted molar refractivity (Wildman–Crippen MR) is 93.3 cm³/mol. The highest BCUT2D eigenvalue weighted by Crippen LogP contribution is 2.26. The zero-order chi connectivity index (χ0) is 16.4. The second-order valence-electron chi connectivity index (χ2n) is 4.87. The first kappa shape index (κ1) is 16.1. The van der Waals surface area contributed by atoms with E-state index < -0.39 is 5.97 Å². The summed E-state index contributed by atoms with van der Waals surface area (Å²) in [6.45, 7) is 4.06. The number of carbonyl (C=O) groups excluding carboxylic acids is 1. The zero-order valence-electron chi connectivity index (χ0n) is 12.5. The molecule has 4 nitrogen and oxygen atoms in total. The van der Waals surface area contributed by atoms with Gasteiger partial charge < -0.3 is 4.74 Å². The van der Waals surface area contributed by atoms with E-state index in [4.69, 9.17) is 16.3 Å². The Balaban J connectivity index is 1.70.